The van der Waals surface area contributed by atoms with E-state index >= 15 is 0 Å². The van der Waals surface area contributed by atoms with E-state index in [2.05, 4.69) is 12.2 Å². The second-order valence-corrected chi connectivity index (χ2v) is 5.19. The molecule has 2 unspecified atom stereocenters. The molecule has 2 aliphatic rings. The van der Waals surface area contributed by atoms with Gasteiger partial charge in [-0.3, -0.25) is 4.79 Å². The highest BCUT2D eigenvalue weighted by Crippen LogP contribution is 2.17. The highest BCUT2D eigenvalue weighted by Gasteiger charge is 2.30. The summed E-state index contributed by atoms with van der Waals surface area (Å²) in [4.78, 5) is 14.1. The summed E-state index contributed by atoms with van der Waals surface area (Å²) in [6.07, 6.45) is 0. The summed E-state index contributed by atoms with van der Waals surface area (Å²) in [6, 6.07) is 0.240. The molecule has 0 bridgehead atoms. The Bertz CT molecular complexity index is 231. The van der Waals surface area contributed by atoms with Crippen LogP contribution in [0.25, 0.3) is 0 Å². The number of nitrogens with one attached hydrogen (secondary N) is 1. The van der Waals surface area contributed by atoms with Gasteiger partial charge < -0.3 is 15.0 Å². The third kappa shape index (κ3) is 2.65. The smallest absolute Gasteiger partial charge is 0.242 e. The summed E-state index contributed by atoms with van der Waals surface area (Å²) in [5, 5.41) is 3.21. The van der Waals surface area contributed by atoms with Gasteiger partial charge in [-0.25, -0.2) is 0 Å². The van der Waals surface area contributed by atoms with Crippen molar-refractivity contribution >= 4 is 17.7 Å². The fourth-order valence-corrected chi connectivity index (χ4v) is 2.99. The number of carbonyl (C=O) groups is 1. The van der Waals surface area contributed by atoms with Crippen LogP contribution in [0.3, 0.4) is 0 Å². The molecule has 2 fully saturated rings. The van der Waals surface area contributed by atoms with Crippen LogP contribution in [0.1, 0.15) is 6.92 Å². The number of rotatable bonds is 1. The average molecular weight is 230 g/mol. The first kappa shape index (κ1) is 11.2. The number of ether oxygens (including phenoxy) is 1. The second kappa shape index (κ2) is 5.18. The Morgan fingerprint density at radius 3 is 3.13 bits per heavy atom. The van der Waals surface area contributed by atoms with Crippen molar-refractivity contribution in [1.29, 1.82) is 0 Å². The zero-order valence-electron chi connectivity index (χ0n) is 9.07. The molecule has 0 radical (unpaired) electrons. The van der Waals surface area contributed by atoms with Crippen LogP contribution in [0.2, 0.25) is 0 Å². The van der Waals surface area contributed by atoms with Crippen LogP contribution in [0.4, 0.5) is 0 Å². The minimum atomic E-state index is -0.121. The van der Waals surface area contributed by atoms with E-state index in [9.17, 15) is 4.79 Å². The fourth-order valence-electron chi connectivity index (χ4n) is 1.98. The molecule has 0 aromatic rings. The summed E-state index contributed by atoms with van der Waals surface area (Å²) >= 11 is 1.93. The molecular weight excluding hydrogens is 212 g/mol. The van der Waals surface area contributed by atoms with Gasteiger partial charge in [0, 0.05) is 30.6 Å². The summed E-state index contributed by atoms with van der Waals surface area (Å²) in [5.74, 6) is 2.32. The maximum absolute atomic E-state index is 12.1. The largest absolute Gasteiger partial charge is 0.378 e. The van der Waals surface area contributed by atoms with Gasteiger partial charge in [-0.2, -0.15) is 11.8 Å². The number of morpholine rings is 1. The average Bonchev–Trinajstić information content (AvgIpc) is 2.30. The van der Waals surface area contributed by atoms with Crippen LogP contribution in [0, 0.1) is 0 Å². The van der Waals surface area contributed by atoms with Gasteiger partial charge >= 0.3 is 0 Å². The van der Waals surface area contributed by atoms with E-state index in [1.165, 1.54) is 0 Å². The molecule has 15 heavy (non-hydrogen) atoms. The Balaban J connectivity index is 1.92. The van der Waals surface area contributed by atoms with Crippen LogP contribution >= 0.6 is 11.8 Å². The molecule has 0 aromatic carbocycles. The molecule has 1 amide bonds. The predicted octanol–water partition coefficient (Wildman–Crippen LogP) is -0.0613. The number of nitrogens with zero attached hydrogens (tertiary/aromatic N) is 1. The van der Waals surface area contributed by atoms with Gasteiger partial charge in [-0.05, 0) is 6.92 Å². The molecule has 2 heterocycles. The minimum absolute atomic E-state index is 0.121. The first-order valence-electron chi connectivity index (χ1n) is 5.48. The maximum atomic E-state index is 12.1. The lowest BCUT2D eigenvalue weighted by Crippen LogP contribution is -2.56. The lowest BCUT2D eigenvalue weighted by atomic mass is 10.2. The van der Waals surface area contributed by atoms with E-state index in [0.717, 1.165) is 31.2 Å². The van der Waals surface area contributed by atoms with Crippen LogP contribution in [0.5, 0.6) is 0 Å². The Labute approximate surface area is 94.7 Å². The molecule has 86 valence electrons. The van der Waals surface area contributed by atoms with Crippen molar-refractivity contribution in [3.63, 3.8) is 0 Å². The summed E-state index contributed by atoms with van der Waals surface area (Å²) in [7, 11) is 0. The first-order chi connectivity index (χ1) is 7.29. The van der Waals surface area contributed by atoms with Crippen molar-refractivity contribution in [3.05, 3.63) is 0 Å². The zero-order valence-corrected chi connectivity index (χ0v) is 9.89. The van der Waals surface area contributed by atoms with Gasteiger partial charge in [0.1, 0.15) is 6.04 Å². The highest BCUT2D eigenvalue weighted by molar-refractivity contribution is 7.99. The Morgan fingerprint density at radius 1 is 1.60 bits per heavy atom. The quantitative estimate of drug-likeness (QED) is 0.685. The molecule has 0 aliphatic carbocycles. The monoisotopic (exact) mass is 230 g/mol. The maximum Gasteiger partial charge on any atom is 0.242 e. The molecule has 2 rings (SSSR count). The lowest BCUT2D eigenvalue weighted by molar-refractivity contribution is -0.137. The van der Waals surface area contributed by atoms with Crippen molar-refractivity contribution in [1.82, 2.24) is 10.2 Å². The van der Waals surface area contributed by atoms with Crippen molar-refractivity contribution in [2.45, 2.75) is 19.0 Å². The zero-order chi connectivity index (χ0) is 10.7. The molecule has 5 heteroatoms. The summed E-state index contributed by atoms with van der Waals surface area (Å²) < 4.78 is 5.31. The summed E-state index contributed by atoms with van der Waals surface area (Å²) in [5.41, 5.74) is 0. The highest BCUT2D eigenvalue weighted by atomic mass is 32.2. The van der Waals surface area contributed by atoms with Gasteiger partial charge in [0.2, 0.25) is 5.91 Å². The van der Waals surface area contributed by atoms with Crippen molar-refractivity contribution in [2.24, 2.45) is 0 Å². The van der Waals surface area contributed by atoms with Gasteiger partial charge in [0.25, 0.3) is 0 Å². The lowest BCUT2D eigenvalue weighted by Gasteiger charge is -2.36. The molecule has 0 saturated carbocycles. The molecule has 2 saturated heterocycles. The number of hydrogen-bond donors (Lipinski definition) is 1. The number of hydrogen-bond acceptors (Lipinski definition) is 4. The topological polar surface area (TPSA) is 41.6 Å². The standard InChI is InChI=1S/C10H18N2O2S/c1-8-7-15-5-3-12(8)10(13)9-6-14-4-2-11-9/h8-9,11H,2-7H2,1H3. The van der Waals surface area contributed by atoms with E-state index in [4.69, 9.17) is 4.74 Å². The molecule has 0 spiro atoms. The van der Waals surface area contributed by atoms with Gasteiger partial charge in [-0.15, -0.1) is 0 Å². The van der Waals surface area contributed by atoms with Crippen molar-refractivity contribution < 1.29 is 9.53 Å². The van der Waals surface area contributed by atoms with E-state index in [-0.39, 0.29) is 11.9 Å². The fraction of sp³-hybridized carbons (Fsp3) is 0.900. The van der Waals surface area contributed by atoms with Crippen LogP contribution in [0.15, 0.2) is 0 Å². The summed E-state index contributed by atoms with van der Waals surface area (Å²) in [6.45, 7) is 5.02. The SMILES string of the molecule is CC1CSCCN1C(=O)C1COCCN1. The van der Waals surface area contributed by atoms with E-state index in [1.807, 2.05) is 16.7 Å². The predicted molar refractivity (Wildman–Crippen MR) is 61.1 cm³/mol. The van der Waals surface area contributed by atoms with Gasteiger partial charge in [0.15, 0.2) is 0 Å². The third-order valence-electron chi connectivity index (χ3n) is 2.87. The van der Waals surface area contributed by atoms with Gasteiger partial charge in [-0.1, -0.05) is 0 Å². The minimum Gasteiger partial charge on any atom is -0.378 e. The normalized spacial score (nSPS) is 32.7. The number of amides is 1. The van der Waals surface area contributed by atoms with E-state index < -0.39 is 0 Å². The Morgan fingerprint density at radius 2 is 2.47 bits per heavy atom. The Hall–Kier alpha value is -0.260. The Kier molecular flexibility index (Phi) is 3.88. The number of carbonyl (C=O) groups excluding carboxylic acids is 1. The van der Waals surface area contributed by atoms with Crippen molar-refractivity contribution in [2.75, 3.05) is 37.8 Å². The first-order valence-corrected chi connectivity index (χ1v) is 6.64. The van der Waals surface area contributed by atoms with Crippen LogP contribution in [-0.2, 0) is 9.53 Å². The molecular formula is C10H18N2O2S. The van der Waals surface area contributed by atoms with Crippen LogP contribution in [-0.4, -0.2) is 60.7 Å². The number of thioether (sulfide) groups is 1. The van der Waals surface area contributed by atoms with Gasteiger partial charge in [0.05, 0.1) is 13.2 Å². The third-order valence-corrected chi connectivity index (χ3v) is 4.06. The van der Waals surface area contributed by atoms with Crippen LogP contribution < -0.4 is 5.32 Å². The molecule has 1 N–H and O–H groups in total. The molecule has 4 nitrogen and oxygen atoms in total. The molecule has 2 atom stereocenters. The second-order valence-electron chi connectivity index (χ2n) is 4.04. The van der Waals surface area contributed by atoms with E-state index in [1.54, 1.807) is 0 Å². The molecule has 0 aromatic heterocycles. The van der Waals surface area contributed by atoms with Crippen molar-refractivity contribution in [3.8, 4) is 0 Å². The molecule has 2 aliphatic heterocycles. The van der Waals surface area contributed by atoms with E-state index in [0.29, 0.717) is 12.6 Å².